The van der Waals surface area contributed by atoms with E-state index in [1.165, 1.54) is 6.20 Å². The number of rotatable bonds is 7. The highest BCUT2D eigenvalue weighted by Gasteiger charge is 2.48. The Morgan fingerprint density at radius 3 is 2.44 bits per heavy atom. The van der Waals surface area contributed by atoms with Gasteiger partial charge in [0.1, 0.15) is 5.69 Å². The average molecular weight is 512 g/mol. The van der Waals surface area contributed by atoms with Gasteiger partial charge in [0.25, 0.3) is 0 Å². The first-order valence-electron chi connectivity index (χ1n) is 12.8. The van der Waals surface area contributed by atoms with Crippen molar-refractivity contribution in [1.29, 1.82) is 0 Å². The fourth-order valence-electron chi connectivity index (χ4n) is 6.38. The molecule has 3 N–H and O–H groups in total. The van der Waals surface area contributed by atoms with E-state index in [-0.39, 0.29) is 41.6 Å². The molecule has 2 atom stereocenters. The fraction of sp³-hybridized carbons (Fsp3) is 0.560. The molecule has 0 radical (unpaired) electrons. The maximum atomic E-state index is 16.2. The Balaban J connectivity index is 1.35. The van der Waals surface area contributed by atoms with Crippen molar-refractivity contribution in [2.75, 3.05) is 10.2 Å². The zero-order chi connectivity index (χ0) is 24.6. The molecule has 3 aromatic rings. The minimum Gasteiger partial charge on any atom is -0.481 e. The van der Waals surface area contributed by atoms with Gasteiger partial charge in [0, 0.05) is 24.3 Å². The molecule has 0 amide bonds. The Morgan fingerprint density at radius 1 is 1.08 bits per heavy atom. The van der Waals surface area contributed by atoms with Crippen molar-refractivity contribution >= 4 is 40.2 Å². The zero-order valence-electron chi connectivity index (χ0n) is 19.6. The van der Waals surface area contributed by atoms with Crippen molar-refractivity contribution in [2.24, 2.45) is 17.8 Å². The minimum atomic E-state index is -0.824. The van der Waals surface area contributed by atoms with E-state index in [1.807, 2.05) is 0 Å². The third-order valence-corrected chi connectivity index (χ3v) is 8.57. The van der Waals surface area contributed by atoms with Crippen molar-refractivity contribution in [3.05, 3.63) is 23.1 Å². The Morgan fingerprint density at radius 2 is 1.78 bits per heavy atom. The van der Waals surface area contributed by atoms with Gasteiger partial charge in [-0.1, -0.05) is 11.6 Å². The summed E-state index contributed by atoms with van der Waals surface area (Å²) in [6, 6.07) is 1.91. The maximum Gasteiger partial charge on any atom is 0.308 e. The van der Waals surface area contributed by atoms with Gasteiger partial charge in [-0.2, -0.15) is 9.49 Å². The molecule has 5 aliphatic rings. The van der Waals surface area contributed by atoms with Crippen LogP contribution in [0.2, 0.25) is 5.02 Å². The number of nitrogens with one attached hydrogen (secondary N) is 2. The summed E-state index contributed by atoms with van der Waals surface area (Å²) in [6.45, 7) is 0. The fourth-order valence-corrected chi connectivity index (χ4v) is 6.54. The van der Waals surface area contributed by atoms with Crippen LogP contribution in [-0.4, -0.2) is 54.4 Å². The van der Waals surface area contributed by atoms with Gasteiger partial charge >= 0.3 is 5.97 Å². The number of carboxylic acid groups (broad SMARTS) is 1. The highest BCUT2D eigenvalue weighted by molar-refractivity contribution is 6.31. The van der Waals surface area contributed by atoms with Crippen LogP contribution in [0.3, 0.4) is 0 Å². The first-order chi connectivity index (χ1) is 17.5. The number of aromatic nitrogens is 5. The summed E-state index contributed by atoms with van der Waals surface area (Å²) >= 11 is 6.20. The van der Waals surface area contributed by atoms with Crippen molar-refractivity contribution in [2.45, 2.75) is 69.5 Å². The summed E-state index contributed by atoms with van der Waals surface area (Å²) in [5.41, 5.74) is 0.978. The number of carbonyl (C=O) groups is 1. The number of aliphatic carboxylic acids is 1. The Bertz CT molecular complexity index is 1340. The number of halogens is 2. The van der Waals surface area contributed by atoms with Crippen LogP contribution in [0.25, 0.3) is 22.6 Å². The molecule has 11 heteroatoms. The molecule has 0 aromatic carbocycles. The summed E-state index contributed by atoms with van der Waals surface area (Å²) in [6.07, 6.45) is 9.28. The lowest BCUT2D eigenvalue weighted by Crippen LogP contribution is -2.51. The monoisotopic (exact) mass is 511 g/mol. The van der Waals surface area contributed by atoms with Gasteiger partial charge in [-0.3, -0.25) is 9.89 Å². The lowest BCUT2D eigenvalue weighted by molar-refractivity contribution is -0.148. The van der Waals surface area contributed by atoms with Crippen molar-refractivity contribution in [3.8, 4) is 11.5 Å². The van der Waals surface area contributed by atoms with Crippen molar-refractivity contribution in [3.63, 3.8) is 0 Å². The van der Waals surface area contributed by atoms with E-state index in [2.05, 4.69) is 30.4 Å². The molecule has 0 spiro atoms. The number of fused-ring (bicyclic) bond motifs is 4. The molecule has 5 aliphatic carbocycles. The first-order valence-corrected chi connectivity index (χ1v) is 13.2. The topological polar surface area (TPSA) is 120 Å². The number of hydrogen-bond donors (Lipinski definition) is 3. The molecular weight excluding hydrogens is 485 g/mol. The van der Waals surface area contributed by atoms with E-state index in [1.54, 1.807) is 6.07 Å². The second kappa shape index (κ2) is 8.26. The molecule has 5 saturated carbocycles. The maximum absolute atomic E-state index is 16.2. The molecule has 0 aliphatic heterocycles. The van der Waals surface area contributed by atoms with Crippen LogP contribution < -0.4 is 10.2 Å². The summed E-state index contributed by atoms with van der Waals surface area (Å²) in [5.74, 6) is -0.986. The third kappa shape index (κ3) is 3.68. The van der Waals surface area contributed by atoms with E-state index >= 15 is 4.39 Å². The third-order valence-electron chi connectivity index (χ3n) is 8.37. The summed E-state index contributed by atoms with van der Waals surface area (Å²) in [5, 5.41) is 21.6. The summed E-state index contributed by atoms with van der Waals surface area (Å²) in [7, 11) is 0. The van der Waals surface area contributed by atoms with Crippen LogP contribution in [0.15, 0.2) is 12.3 Å². The number of hydrogen-bond acceptors (Lipinski definition) is 7. The number of nitrogens with zero attached hydrogens (tertiary/aromatic N) is 5. The molecular formula is C25H27ClFN7O2. The van der Waals surface area contributed by atoms with E-state index < -0.39 is 17.7 Å². The highest BCUT2D eigenvalue weighted by atomic mass is 35.5. The molecule has 0 saturated heterocycles. The molecule has 2 bridgehead atoms. The van der Waals surface area contributed by atoms with Crippen molar-refractivity contribution < 1.29 is 14.3 Å². The predicted octanol–water partition coefficient (Wildman–Crippen LogP) is 4.64. The largest absolute Gasteiger partial charge is 0.481 e. The smallest absolute Gasteiger partial charge is 0.308 e. The molecule has 5 fully saturated rings. The number of carboxylic acids is 1. The van der Waals surface area contributed by atoms with Crippen LogP contribution >= 0.6 is 11.6 Å². The molecule has 188 valence electrons. The zero-order valence-corrected chi connectivity index (χ0v) is 20.4. The quantitative estimate of drug-likeness (QED) is 0.419. The molecule has 36 heavy (non-hydrogen) atoms. The van der Waals surface area contributed by atoms with Crippen LogP contribution in [0.1, 0.15) is 51.4 Å². The predicted molar refractivity (Wildman–Crippen MR) is 132 cm³/mol. The van der Waals surface area contributed by atoms with Crippen LogP contribution in [0.4, 0.5) is 16.0 Å². The van der Waals surface area contributed by atoms with Crippen molar-refractivity contribution in [1.82, 2.24) is 25.1 Å². The lowest BCUT2D eigenvalue weighted by atomic mass is 9.61. The molecule has 8 rings (SSSR count). The van der Waals surface area contributed by atoms with E-state index in [9.17, 15) is 9.90 Å². The standard InChI is InChI=1S/C25H27ClFN7O2/c26-13-9-16-20(32-33-21(16)28-10-13)23-30-22(18(27)24(31-23)34(14-5-6-14)15-7-8-15)29-19-12-3-1-11(2-4-12)17(19)25(35)36/h9-12,14-15,17,19H,1-8H2,(H,35,36)(H,28,32,33)(H,29,30,31)/t11?,12?,17-,19-/m0/s1. The summed E-state index contributed by atoms with van der Waals surface area (Å²) < 4.78 is 16.2. The lowest BCUT2D eigenvalue weighted by Gasteiger charge is -2.47. The Labute approximate surface area is 211 Å². The van der Waals surface area contributed by atoms with Gasteiger partial charge in [-0.15, -0.1) is 0 Å². The summed E-state index contributed by atoms with van der Waals surface area (Å²) in [4.78, 5) is 27.9. The number of anilines is 2. The number of H-pyrrole nitrogens is 1. The number of pyridine rings is 1. The SMILES string of the molecule is O=C(O)[C@H]1C2CCC(CC2)[C@@H]1Nc1nc(-c2[nH]nc3ncc(Cl)cc23)nc(N(C2CC2)C2CC2)c1F. The van der Waals surface area contributed by atoms with Crippen LogP contribution in [-0.2, 0) is 4.79 Å². The minimum absolute atomic E-state index is 0.0582. The first kappa shape index (κ1) is 22.2. The van der Waals surface area contributed by atoms with Gasteiger partial charge < -0.3 is 15.3 Å². The van der Waals surface area contributed by atoms with E-state index in [0.717, 1.165) is 51.4 Å². The van der Waals surface area contributed by atoms with Gasteiger partial charge in [0.05, 0.1) is 16.3 Å². The van der Waals surface area contributed by atoms with Crippen LogP contribution in [0.5, 0.6) is 0 Å². The van der Waals surface area contributed by atoms with Gasteiger partial charge in [-0.05, 0) is 69.3 Å². The average Bonchev–Trinajstić information content (AvgIpc) is 3.81. The van der Waals surface area contributed by atoms with Gasteiger partial charge in [0.15, 0.2) is 23.1 Å². The molecule has 9 nitrogen and oxygen atoms in total. The molecule has 3 aromatic heterocycles. The van der Waals surface area contributed by atoms with E-state index in [0.29, 0.717) is 27.6 Å². The van der Waals surface area contributed by atoms with Gasteiger partial charge in [-0.25, -0.2) is 15.0 Å². The molecule has 0 unspecified atom stereocenters. The second-order valence-electron chi connectivity index (χ2n) is 10.7. The highest BCUT2D eigenvalue weighted by Crippen LogP contribution is 2.47. The normalized spacial score (nSPS) is 27.4. The number of aromatic amines is 1. The van der Waals surface area contributed by atoms with Gasteiger partial charge in [0.2, 0.25) is 5.82 Å². The van der Waals surface area contributed by atoms with E-state index in [4.69, 9.17) is 16.6 Å². The Kier molecular flexibility index (Phi) is 5.09. The Hall–Kier alpha value is -3.01. The second-order valence-corrected chi connectivity index (χ2v) is 11.2. The van der Waals surface area contributed by atoms with Crippen LogP contribution in [0, 0.1) is 23.6 Å². The molecule has 3 heterocycles.